The minimum absolute atomic E-state index is 0. The highest BCUT2D eigenvalue weighted by atomic mass is 35.5. The summed E-state index contributed by atoms with van der Waals surface area (Å²) in [4.78, 5) is 0. The van der Waals surface area contributed by atoms with Crippen molar-refractivity contribution in [2.24, 2.45) is 0 Å². The van der Waals surface area contributed by atoms with Crippen LogP contribution >= 0.6 is 16.5 Å². The number of rotatable bonds is 7. The minimum atomic E-state index is -1.91. The molecule has 1 unspecified atom stereocenters. The second kappa shape index (κ2) is 15.8. The van der Waals surface area contributed by atoms with Crippen LogP contribution in [-0.4, -0.2) is 0 Å². The van der Waals surface area contributed by atoms with Crippen molar-refractivity contribution in [3.05, 3.63) is 229 Å². The highest BCUT2D eigenvalue weighted by Crippen LogP contribution is 2.54. The normalized spacial score (nSPS) is 11.0. The van der Waals surface area contributed by atoms with Crippen molar-refractivity contribution in [3.63, 3.8) is 0 Å². The Bertz CT molecular complexity index is 1610. The number of benzene rings is 7. The summed E-state index contributed by atoms with van der Waals surface area (Å²) in [6, 6.07) is 75.7. The summed E-state index contributed by atoms with van der Waals surface area (Å²) in [5.41, 5.74) is 3.84. The van der Waals surface area contributed by atoms with Crippen LogP contribution in [0.3, 0.4) is 0 Å². The molecule has 7 aromatic carbocycles. The van der Waals surface area contributed by atoms with E-state index < -0.39 is 7.26 Å². The zero-order valence-corrected chi connectivity index (χ0v) is 28.4. The molecule has 226 valence electrons. The Balaban J connectivity index is 0.000000182. The quantitative estimate of drug-likeness (QED) is 0.143. The van der Waals surface area contributed by atoms with Gasteiger partial charge in [0.1, 0.15) is 28.5 Å². The highest BCUT2D eigenvalue weighted by molar-refractivity contribution is 8.01. The van der Waals surface area contributed by atoms with E-state index in [1.807, 2.05) is 0 Å². The smallest absolute Gasteiger partial charge is 0.144 e. The van der Waals surface area contributed by atoms with Gasteiger partial charge in [0.2, 0.25) is 0 Å². The van der Waals surface area contributed by atoms with Gasteiger partial charge >= 0.3 is 0 Å². The molecule has 46 heavy (non-hydrogen) atoms. The van der Waals surface area contributed by atoms with Crippen LogP contribution in [-0.2, 0) is 5.16 Å². The molecular formula is C43H37ClP2. The Kier molecular flexibility index (Phi) is 11.4. The van der Waals surface area contributed by atoms with Crippen molar-refractivity contribution in [2.45, 2.75) is 5.16 Å². The largest absolute Gasteiger partial charge is 1.00 e. The van der Waals surface area contributed by atoms with Crippen molar-refractivity contribution in [3.8, 4) is 0 Å². The van der Waals surface area contributed by atoms with Crippen LogP contribution in [0.1, 0.15) is 16.7 Å². The lowest BCUT2D eigenvalue weighted by atomic mass is 9.84. The lowest BCUT2D eigenvalue weighted by Gasteiger charge is -2.31. The molecule has 0 N–H and O–H groups in total. The summed E-state index contributed by atoms with van der Waals surface area (Å²) in [6.45, 7) is 0. The first kappa shape index (κ1) is 33.1. The molecule has 0 nitrogen and oxygen atoms in total. The van der Waals surface area contributed by atoms with Crippen molar-refractivity contribution in [1.29, 1.82) is 0 Å². The molecule has 0 bridgehead atoms. The summed E-state index contributed by atoms with van der Waals surface area (Å²) in [6.07, 6.45) is 0. The summed E-state index contributed by atoms with van der Waals surface area (Å²) < 4.78 is 0. The third kappa shape index (κ3) is 6.77. The molecule has 7 aromatic rings. The maximum absolute atomic E-state index is 3.06. The van der Waals surface area contributed by atoms with Crippen LogP contribution in [0.5, 0.6) is 0 Å². The van der Waals surface area contributed by atoms with E-state index in [9.17, 15) is 0 Å². The Hall–Kier alpha value is -4.31. The fraction of sp³-hybridized carbons (Fsp3) is 0.0233. The monoisotopic (exact) mass is 650 g/mol. The van der Waals surface area contributed by atoms with Crippen LogP contribution in [0, 0.1) is 0 Å². The molecule has 0 spiro atoms. The second-order valence-corrected chi connectivity index (χ2v) is 15.2. The van der Waals surface area contributed by atoms with E-state index in [2.05, 4.69) is 222 Å². The van der Waals surface area contributed by atoms with E-state index in [1.165, 1.54) is 37.9 Å². The highest BCUT2D eigenvalue weighted by Gasteiger charge is 2.47. The van der Waals surface area contributed by atoms with Crippen molar-refractivity contribution >= 4 is 37.7 Å². The topological polar surface area (TPSA) is 0 Å². The fourth-order valence-electron chi connectivity index (χ4n) is 6.10. The maximum Gasteiger partial charge on any atom is 0.144 e. The number of halogens is 1. The van der Waals surface area contributed by atoms with Crippen LogP contribution in [0.15, 0.2) is 212 Å². The van der Waals surface area contributed by atoms with Gasteiger partial charge in [-0.1, -0.05) is 164 Å². The molecule has 7 rings (SSSR count). The Morgan fingerprint density at radius 1 is 0.283 bits per heavy atom. The molecule has 0 saturated heterocycles. The first-order valence-electron chi connectivity index (χ1n) is 15.3. The second-order valence-electron chi connectivity index (χ2n) is 10.9. The Morgan fingerprint density at radius 2 is 0.457 bits per heavy atom. The Morgan fingerprint density at radius 3 is 0.652 bits per heavy atom. The molecule has 0 aliphatic carbocycles. The van der Waals surface area contributed by atoms with Gasteiger partial charge in [0.05, 0.1) is 5.16 Å². The van der Waals surface area contributed by atoms with Gasteiger partial charge in [0, 0.05) is 0 Å². The molecule has 0 heterocycles. The zero-order valence-electron chi connectivity index (χ0n) is 25.6. The minimum Gasteiger partial charge on any atom is -1.00 e. The molecule has 0 aromatic heterocycles. The van der Waals surface area contributed by atoms with Crippen LogP contribution in [0.4, 0.5) is 0 Å². The van der Waals surface area contributed by atoms with E-state index in [0.29, 0.717) is 0 Å². The third-order valence-electron chi connectivity index (χ3n) is 8.26. The van der Waals surface area contributed by atoms with E-state index in [-0.39, 0.29) is 17.6 Å². The number of hydrogen-bond donors (Lipinski definition) is 0. The van der Waals surface area contributed by atoms with Gasteiger partial charge in [0.15, 0.2) is 0 Å². The predicted octanol–water partition coefficient (Wildman–Crippen LogP) is 6.16. The molecule has 0 radical (unpaired) electrons. The molecule has 0 saturated carbocycles. The zero-order chi connectivity index (χ0) is 30.8. The van der Waals surface area contributed by atoms with Crippen LogP contribution in [0.2, 0.25) is 0 Å². The van der Waals surface area contributed by atoms with E-state index in [0.717, 1.165) is 0 Å². The standard InChI is InChI=1S/C24H20P.C19H17P.ClH/c1-5-13-21(14-6-1)25(22-15-7-2-8-16-22,23-17-9-3-10-18-23)24-19-11-4-12-20-24;20-19(16-10-4-1-5-11-16,17-12-6-2-7-13-17)18-14-8-3-9-15-18;/h1-20H;1-15H,20H2;1H/q+1;;/p-1. The number of hydrogen-bond acceptors (Lipinski definition) is 0. The maximum atomic E-state index is 3.06. The molecule has 1 atom stereocenters. The summed E-state index contributed by atoms with van der Waals surface area (Å²) in [7, 11) is 1.15. The first-order valence-corrected chi connectivity index (χ1v) is 17.7. The average molecular weight is 651 g/mol. The van der Waals surface area contributed by atoms with Gasteiger partial charge in [-0.2, -0.15) is 0 Å². The Labute approximate surface area is 283 Å². The van der Waals surface area contributed by atoms with Crippen LogP contribution < -0.4 is 33.6 Å². The molecule has 0 amide bonds. The first-order chi connectivity index (χ1) is 22.2. The molecule has 0 aliphatic heterocycles. The summed E-state index contributed by atoms with van der Waals surface area (Å²) in [5, 5.41) is 5.35. The van der Waals surface area contributed by atoms with Gasteiger partial charge in [0.25, 0.3) is 0 Å². The summed E-state index contributed by atoms with van der Waals surface area (Å²) >= 11 is 0. The fourth-order valence-corrected chi connectivity index (χ4v) is 10.9. The molecular weight excluding hydrogens is 614 g/mol. The lowest BCUT2D eigenvalue weighted by molar-refractivity contribution is -0.00000847. The van der Waals surface area contributed by atoms with E-state index >= 15 is 0 Å². The lowest BCUT2D eigenvalue weighted by Crippen LogP contribution is -3.00. The molecule has 0 aliphatic rings. The van der Waals surface area contributed by atoms with Crippen molar-refractivity contribution < 1.29 is 12.4 Å². The SMILES string of the molecule is PC(c1ccccc1)(c1ccccc1)c1ccccc1.[Cl-].c1ccc([P+](c2ccccc2)(c2ccccc2)c2ccccc2)cc1. The average Bonchev–Trinajstić information content (AvgIpc) is 3.15. The van der Waals surface area contributed by atoms with Gasteiger partial charge in [-0.05, 0) is 65.2 Å². The van der Waals surface area contributed by atoms with Crippen molar-refractivity contribution in [2.75, 3.05) is 0 Å². The van der Waals surface area contributed by atoms with E-state index in [1.54, 1.807) is 0 Å². The van der Waals surface area contributed by atoms with Crippen LogP contribution in [0.25, 0.3) is 0 Å². The van der Waals surface area contributed by atoms with Crippen molar-refractivity contribution in [1.82, 2.24) is 0 Å². The van der Waals surface area contributed by atoms with Gasteiger partial charge in [-0.25, -0.2) is 0 Å². The van der Waals surface area contributed by atoms with Gasteiger partial charge in [-0.15, -0.1) is 9.24 Å². The van der Waals surface area contributed by atoms with Gasteiger partial charge < -0.3 is 12.4 Å². The van der Waals surface area contributed by atoms with E-state index in [4.69, 9.17) is 0 Å². The third-order valence-corrected chi connectivity index (χ3v) is 13.6. The molecule has 3 heteroatoms. The van der Waals surface area contributed by atoms with Gasteiger partial charge in [-0.3, -0.25) is 0 Å². The summed E-state index contributed by atoms with van der Waals surface area (Å²) in [5.74, 6) is 0. The predicted molar refractivity (Wildman–Crippen MR) is 200 cm³/mol. The molecule has 0 fully saturated rings.